The number of rotatable bonds is 8. The molecule has 9 rings (SSSR count). The lowest BCUT2D eigenvalue weighted by Crippen LogP contribution is -2.04. The van der Waals surface area contributed by atoms with Crippen LogP contribution in [0.2, 0.25) is 0 Å². The van der Waals surface area contributed by atoms with Crippen LogP contribution in [0.1, 0.15) is 25.0 Å². The number of aryl methyl sites for hydroxylation is 1. The van der Waals surface area contributed by atoms with Crippen LogP contribution in [-0.4, -0.2) is 19.9 Å². The molecule has 0 radical (unpaired) electrons. The minimum Gasteiger partial charge on any atom is -0.256 e. The average molecular weight is 701 g/mol. The van der Waals surface area contributed by atoms with E-state index in [9.17, 15) is 0 Å². The Balaban J connectivity index is 1.24. The minimum atomic E-state index is 0.701. The van der Waals surface area contributed by atoms with Crippen LogP contribution < -0.4 is 0 Å². The quantitative estimate of drug-likeness (QED) is 0.158. The van der Waals surface area contributed by atoms with Crippen LogP contribution in [-0.2, 0) is 12.8 Å². The maximum absolute atomic E-state index is 5.43. The van der Waals surface area contributed by atoms with E-state index in [4.69, 9.17) is 19.9 Å². The van der Waals surface area contributed by atoms with Gasteiger partial charge in [-0.2, -0.15) is 0 Å². The van der Waals surface area contributed by atoms with Crippen molar-refractivity contribution in [2.75, 3.05) is 0 Å². The number of aromatic nitrogens is 4. The first-order valence-corrected chi connectivity index (χ1v) is 19.0. The van der Waals surface area contributed by atoms with Gasteiger partial charge in [0.25, 0.3) is 0 Å². The molecule has 4 nitrogen and oxygen atoms in total. The number of nitrogens with zero attached hydrogens (tertiary/aromatic N) is 4. The van der Waals surface area contributed by atoms with Crippen molar-refractivity contribution < 1.29 is 0 Å². The molecule has 0 saturated carbocycles. The van der Waals surface area contributed by atoms with Crippen LogP contribution in [0.3, 0.4) is 0 Å². The molecular weight excluding hydrogens is 665 g/mol. The number of thiophene rings is 1. The molecule has 0 aliphatic rings. The molecule has 5 aromatic carbocycles. The Hall–Kier alpha value is -6.30. The standard InChI is InChI=1S/C48H36N4S/c1-3-31-14-5-6-15-38(31)46-37(4-2)45(36-29-34(42-19-9-11-26-49-42)28-35(30-36)43-20-10-12-27-50-43)51-48(52-46)33-24-22-32(23-25-33)39-17-13-18-41-40-16-7-8-21-44(40)53-47(39)41/h5-30H,3-4H2,1-2H3. The summed E-state index contributed by atoms with van der Waals surface area (Å²) in [6, 6.07) is 51.4. The van der Waals surface area contributed by atoms with E-state index in [1.807, 2.05) is 48.0 Å². The number of benzene rings is 5. The third kappa shape index (κ3) is 6.09. The second-order valence-corrected chi connectivity index (χ2v) is 14.2. The highest BCUT2D eigenvalue weighted by Crippen LogP contribution is 2.41. The second kappa shape index (κ2) is 14.0. The fourth-order valence-corrected chi connectivity index (χ4v) is 8.61. The molecule has 0 N–H and O–H groups in total. The summed E-state index contributed by atoms with van der Waals surface area (Å²) in [5, 5.41) is 2.61. The summed E-state index contributed by atoms with van der Waals surface area (Å²) in [6.45, 7) is 4.41. The molecule has 0 fully saturated rings. The lowest BCUT2D eigenvalue weighted by atomic mass is 9.92. The van der Waals surface area contributed by atoms with Gasteiger partial charge in [-0.25, -0.2) is 9.97 Å². The van der Waals surface area contributed by atoms with Gasteiger partial charge >= 0.3 is 0 Å². The summed E-state index contributed by atoms with van der Waals surface area (Å²) in [5.41, 5.74) is 13.7. The van der Waals surface area contributed by atoms with Gasteiger partial charge in [0.05, 0.1) is 22.8 Å². The molecule has 4 heterocycles. The predicted octanol–water partition coefficient (Wildman–Crippen LogP) is 12.8. The van der Waals surface area contributed by atoms with Crippen molar-refractivity contribution in [3.63, 3.8) is 0 Å². The summed E-state index contributed by atoms with van der Waals surface area (Å²) < 4.78 is 2.61. The van der Waals surface area contributed by atoms with Gasteiger partial charge in [-0.3, -0.25) is 9.97 Å². The highest BCUT2D eigenvalue weighted by molar-refractivity contribution is 7.26. The van der Waals surface area contributed by atoms with Crippen molar-refractivity contribution in [3.8, 4) is 67.5 Å². The lowest BCUT2D eigenvalue weighted by Gasteiger charge is -2.18. The number of fused-ring (bicyclic) bond motifs is 3. The first-order valence-electron chi connectivity index (χ1n) is 18.2. The van der Waals surface area contributed by atoms with Crippen molar-refractivity contribution >= 4 is 31.5 Å². The molecule has 4 aromatic heterocycles. The third-order valence-electron chi connectivity index (χ3n) is 10.0. The maximum atomic E-state index is 5.43. The van der Waals surface area contributed by atoms with Gasteiger partial charge in [0.2, 0.25) is 0 Å². The Labute approximate surface area is 313 Å². The number of hydrogen-bond donors (Lipinski definition) is 0. The normalized spacial score (nSPS) is 11.4. The molecule has 0 aliphatic heterocycles. The SMILES string of the molecule is CCc1ccccc1-c1nc(-c2ccc(-c3cccc4c3sc3ccccc34)cc2)nc(-c2cc(-c3ccccn3)cc(-c3ccccn3)c2)c1CC. The van der Waals surface area contributed by atoms with Crippen molar-refractivity contribution in [2.45, 2.75) is 26.7 Å². The molecule has 5 heteroatoms. The zero-order valence-electron chi connectivity index (χ0n) is 29.6. The lowest BCUT2D eigenvalue weighted by molar-refractivity contribution is 1.05. The summed E-state index contributed by atoms with van der Waals surface area (Å²) in [6.07, 6.45) is 5.36. The van der Waals surface area contributed by atoms with E-state index in [2.05, 4.69) is 135 Å². The van der Waals surface area contributed by atoms with Crippen molar-refractivity contribution in [3.05, 3.63) is 169 Å². The molecule has 0 atom stereocenters. The van der Waals surface area contributed by atoms with Gasteiger partial charge in [0.15, 0.2) is 5.82 Å². The fraction of sp³-hybridized carbons (Fsp3) is 0.0833. The molecule has 53 heavy (non-hydrogen) atoms. The Morgan fingerprint density at radius 2 is 1.08 bits per heavy atom. The number of pyridine rings is 2. The Morgan fingerprint density at radius 1 is 0.472 bits per heavy atom. The van der Waals surface area contributed by atoms with Gasteiger partial charge in [0.1, 0.15) is 0 Å². The van der Waals surface area contributed by atoms with Crippen molar-refractivity contribution in [1.82, 2.24) is 19.9 Å². The van der Waals surface area contributed by atoms with Crippen LogP contribution in [0, 0.1) is 0 Å². The summed E-state index contributed by atoms with van der Waals surface area (Å²) >= 11 is 1.86. The van der Waals surface area contributed by atoms with Gasteiger partial charge in [0, 0.05) is 65.9 Å². The maximum Gasteiger partial charge on any atom is 0.160 e. The number of hydrogen-bond acceptors (Lipinski definition) is 5. The van der Waals surface area contributed by atoms with E-state index >= 15 is 0 Å². The van der Waals surface area contributed by atoms with Gasteiger partial charge in [-0.15, -0.1) is 11.3 Å². The molecule has 0 aliphatic carbocycles. The predicted molar refractivity (Wildman–Crippen MR) is 222 cm³/mol. The van der Waals surface area contributed by atoms with Gasteiger partial charge in [-0.05, 0) is 78.1 Å². The largest absolute Gasteiger partial charge is 0.256 e. The topological polar surface area (TPSA) is 51.6 Å². The zero-order valence-corrected chi connectivity index (χ0v) is 30.4. The Morgan fingerprint density at radius 3 is 1.77 bits per heavy atom. The monoisotopic (exact) mass is 700 g/mol. The second-order valence-electron chi connectivity index (χ2n) is 13.2. The molecule has 0 spiro atoms. The first kappa shape index (κ1) is 32.6. The summed E-state index contributed by atoms with van der Waals surface area (Å²) in [7, 11) is 0. The van der Waals surface area contributed by atoms with Crippen LogP contribution in [0.4, 0.5) is 0 Å². The summed E-state index contributed by atoms with van der Waals surface area (Å²) in [5.74, 6) is 0.701. The molecule has 9 aromatic rings. The van der Waals surface area contributed by atoms with Crippen LogP contribution in [0.25, 0.3) is 87.7 Å². The zero-order chi connectivity index (χ0) is 35.7. The molecule has 0 amide bonds. The Bertz CT molecular complexity index is 2680. The van der Waals surface area contributed by atoms with Crippen molar-refractivity contribution in [1.29, 1.82) is 0 Å². The van der Waals surface area contributed by atoms with E-state index in [-0.39, 0.29) is 0 Å². The Kier molecular flexibility index (Phi) is 8.62. The van der Waals surface area contributed by atoms with E-state index < -0.39 is 0 Å². The van der Waals surface area contributed by atoms with E-state index in [0.29, 0.717) is 5.82 Å². The van der Waals surface area contributed by atoms with Crippen LogP contribution in [0.5, 0.6) is 0 Å². The van der Waals surface area contributed by atoms with Gasteiger partial charge in [-0.1, -0.05) is 111 Å². The summed E-state index contributed by atoms with van der Waals surface area (Å²) in [4.78, 5) is 20.3. The molecule has 0 saturated heterocycles. The fourth-order valence-electron chi connectivity index (χ4n) is 7.37. The highest BCUT2D eigenvalue weighted by atomic mass is 32.1. The minimum absolute atomic E-state index is 0.701. The van der Waals surface area contributed by atoms with E-state index in [0.717, 1.165) is 69.0 Å². The first-order chi connectivity index (χ1) is 26.2. The third-order valence-corrected chi connectivity index (χ3v) is 11.2. The van der Waals surface area contributed by atoms with E-state index in [1.165, 1.54) is 36.9 Å². The average Bonchev–Trinajstić information content (AvgIpc) is 3.63. The van der Waals surface area contributed by atoms with Gasteiger partial charge < -0.3 is 0 Å². The molecule has 0 unspecified atom stereocenters. The smallest absolute Gasteiger partial charge is 0.160 e. The molecule has 0 bridgehead atoms. The highest BCUT2D eigenvalue weighted by Gasteiger charge is 2.21. The van der Waals surface area contributed by atoms with Crippen LogP contribution >= 0.6 is 11.3 Å². The van der Waals surface area contributed by atoms with Crippen LogP contribution in [0.15, 0.2) is 158 Å². The molecular formula is C48H36N4S. The molecule has 254 valence electrons. The van der Waals surface area contributed by atoms with E-state index in [1.54, 1.807) is 0 Å². The van der Waals surface area contributed by atoms with Crippen molar-refractivity contribution in [2.24, 2.45) is 0 Å².